The van der Waals surface area contributed by atoms with Crippen LogP contribution in [-0.2, 0) is 0 Å². The SMILES string of the molecule is FC(F)C(F)(Cl)CC(F)(F)F. The van der Waals surface area contributed by atoms with Crippen molar-refractivity contribution in [2.45, 2.75) is 24.2 Å². The summed E-state index contributed by atoms with van der Waals surface area (Å²) in [7, 11) is 0. The Morgan fingerprint density at radius 2 is 1.45 bits per heavy atom. The van der Waals surface area contributed by atoms with E-state index in [4.69, 9.17) is 0 Å². The highest BCUT2D eigenvalue weighted by Crippen LogP contribution is 2.37. The Bertz CT molecular complexity index is 127. The van der Waals surface area contributed by atoms with Crippen LogP contribution in [0.25, 0.3) is 0 Å². The number of hydrogen-bond acceptors (Lipinski definition) is 0. The molecule has 0 heterocycles. The summed E-state index contributed by atoms with van der Waals surface area (Å²) >= 11 is 4.22. The van der Waals surface area contributed by atoms with Gasteiger partial charge in [-0.25, -0.2) is 13.2 Å². The molecule has 0 radical (unpaired) electrons. The molecular formula is C4H3ClF6. The van der Waals surface area contributed by atoms with Gasteiger partial charge in [-0.1, -0.05) is 11.6 Å². The van der Waals surface area contributed by atoms with Crippen LogP contribution in [0, 0.1) is 0 Å². The zero-order valence-corrected chi connectivity index (χ0v) is 5.69. The minimum Gasteiger partial charge on any atom is -0.220 e. The van der Waals surface area contributed by atoms with Crippen LogP contribution in [0.4, 0.5) is 26.3 Å². The fraction of sp³-hybridized carbons (Fsp3) is 1.00. The van der Waals surface area contributed by atoms with Crippen LogP contribution in [0.5, 0.6) is 0 Å². The summed E-state index contributed by atoms with van der Waals surface area (Å²) in [5.74, 6) is 0. The lowest BCUT2D eigenvalue weighted by molar-refractivity contribution is -0.165. The van der Waals surface area contributed by atoms with Crippen LogP contribution in [0.1, 0.15) is 6.42 Å². The summed E-state index contributed by atoms with van der Waals surface area (Å²) in [6.45, 7) is 0. The predicted molar refractivity (Wildman–Crippen MR) is 26.4 cm³/mol. The predicted octanol–water partition coefficient (Wildman–Crippen LogP) is 3.11. The third-order valence-corrected chi connectivity index (χ3v) is 1.05. The summed E-state index contributed by atoms with van der Waals surface area (Å²) in [5.41, 5.74) is 0. The maximum Gasteiger partial charge on any atom is 0.393 e. The first kappa shape index (κ1) is 10.9. The van der Waals surface area contributed by atoms with Crippen molar-refractivity contribution in [3.63, 3.8) is 0 Å². The van der Waals surface area contributed by atoms with Gasteiger partial charge < -0.3 is 0 Å². The summed E-state index contributed by atoms with van der Waals surface area (Å²) in [4.78, 5) is 0. The van der Waals surface area contributed by atoms with E-state index in [2.05, 4.69) is 11.6 Å². The van der Waals surface area contributed by atoms with E-state index >= 15 is 0 Å². The molecule has 0 aromatic heterocycles. The Balaban J connectivity index is 4.13. The van der Waals surface area contributed by atoms with E-state index in [-0.39, 0.29) is 0 Å². The molecule has 11 heavy (non-hydrogen) atoms. The van der Waals surface area contributed by atoms with Crippen LogP contribution in [0.3, 0.4) is 0 Å². The molecule has 0 amide bonds. The van der Waals surface area contributed by atoms with Gasteiger partial charge in [0.25, 0.3) is 11.6 Å². The van der Waals surface area contributed by atoms with Crippen molar-refractivity contribution in [2.24, 2.45) is 0 Å². The molecule has 68 valence electrons. The smallest absolute Gasteiger partial charge is 0.220 e. The van der Waals surface area contributed by atoms with Crippen molar-refractivity contribution < 1.29 is 26.3 Å². The second-order valence-electron chi connectivity index (χ2n) is 1.85. The molecule has 0 saturated carbocycles. The quantitative estimate of drug-likeness (QED) is 0.475. The lowest BCUT2D eigenvalue weighted by Gasteiger charge is -2.17. The molecule has 1 unspecified atom stereocenters. The van der Waals surface area contributed by atoms with Crippen LogP contribution >= 0.6 is 11.6 Å². The van der Waals surface area contributed by atoms with Gasteiger partial charge in [-0.05, 0) is 0 Å². The van der Waals surface area contributed by atoms with Gasteiger partial charge in [0, 0.05) is 0 Å². The monoisotopic (exact) mass is 200 g/mol. The molecular weight excluding hydrogens is 197 g/mol. The Hall–Kier alpha value is -0.130. The molecule has 7 heteroatoms. The van der Waals surface area contributed by atoms with E-state index in [0.717, 1.165) is 0 Å². The molecule has 0 spiro atoms. The van der Waals surface area contributed by atoms with Gasteiger partial charge in [0.05, 0.1) is 6.42 Å². The topological polar surface area (TPSA) is 0 Å². The molecule has 1 atom stereocenters. The van der Waals surface area contributed by atoms with Gasteiger partial charge >= 0.3 is 6.18 Å². The number of halogens is 7. The zero-order chi connectivity index (χ0) is 9.28. The lowest BCUT2D eigenvalue weighted by atomic mass is 10.3. The minimum atomic E-state index is -5.02. The lowest BCUT2D eigenvalue weighted by Crippen LogP contribution is -2.31. The van der Waals surface area contributed by atoms with Crippen LogP contribution in [0.15, 0.2) is 0 Å². The van der Waals surface area contributed by atoms with Gasteiger partial charge in [-0.2, -0.15) is 13.2 Å². The molecule has 0 bridgehead atoms. The molecule has 0 aliphatic rings. The fourth-order valence-corrected chi connectivity index (χ4v) is 0.496. The highest BCUT2D eigenvalue weighted by atomic mass is 35.5. The Kier molecular flexibility index (Phi) is 3.05. The van der Waals surface area contributed by atoms with Gasteiger partial charge in [0.1, 0.15) is 0 Å². The van der Waals surface area contributed by atoms with Crippen molar-refractivity contribution in [1.29, 1.82) is 0 Å². The third kappa shape index (κ3) is 4.34. The highest BCUT2D eigenvalue weighted by Gasteiger charge is 2.48. The Morgan fingerprint density at radius 3 is 1.55 bits per heavy atom. The van der Waals surface area contributed by atoms with E-state index in [9.17, 15) is 26.3 Å². The van der Waals surface area contributed by atoms with E-state index < -0.39 is 24.2 Å². The van der Waals surface area contributed by atoms with Gasteiger partial charge in [-0.15, -0.1) is 0 Å². The van der Waals surface area contributed by atoms with E-state index in [1.165, 1.54) is 0 Å². The Labute approximate surface area is 63.1 Å². The van der Waals surface area contributed by atoms with E-state index in [1.807, 2.05) is 0 Å². The van der Waals surface area contributed by atoms with Gasteiger partial charge in [0.15, 0.2) is 0 Å². The first-order valence-electron chi connectivity index (χ1n) is 2.38. The molecule has 0 fully saturated rings. The largest absolute Gasteiger partial charge is 0.393 e. The molecule has 0 rings (SSSR count). The van der Waals surface area contributed by atoms with Crippen LogP contribution in [0.2, 0.25) is 0 Å². The summed E-state index contributed by atoms with van der Waals surface area (Å²) in [5, 5.41) is -4.00. The van der Waals surface area contributed by atoms with Crippen molar-refractivity contribution in [1.82, 2.24) is 0 Å². The highest BCUT2D eigenvalue weighted by molar-refractivity contribution is 6.23. The Morgan fingerprint density at radius 1 is 1.09 bits per heavy atom. The summed E-state index contributed by atoms with van der Waals surface area (Å²) in [6.07, 6.45) is -11.2. The molecule has 0 aromatic carbocycles. The molecule has 0 aromatic rings. The van der Waals surface area contributed by atoms with Gasteiger partial charge in [0.2, 0.25) is 0 Å². The fourth-order valence-electron chi connectivity index (χ4n) is 0.344. The van der Waals surface area contributed by atoms with Gasteiger partial charge in [-0.3, -0.25) is 0 Å². The average Bonchev–Trinajstić information content (AvgIpc) is 1.56. The number of alkyl halides is 7. The maximum absolute atomic E-state index is 12.0. The van der Waals surface area contributed by atoms with Crippen molar-refractivity contribution >= 4 is 11.6 Å². The van der Waals surface area contributed by atoms with Crippen LogP contribution < -0.4 is 0 Å². The van der Waals surface area contributed by atoms with Crippen molar-refractivity contribution in [3.05, 3.63) is 0 Å². The van der Waals surface area contributed by atoms with Crippen molar-refractivity contribution in [3.8, 4) is 0 Å². The van der Waals surface area contributed by atoms with Crippen molar-refractivity contribution in [2.75, 3.05) is 0 Å². The first-order chi connectivity index (χ1) is 4.65. The van der Waals surface area contributed by atoms with E-state index in [1.54, 1.807) is 0 Å². The van der Waals surface area contributed by atoms with E-state index in [0.29, 0.717) is 0 Å². The normalized spacial score (nSPS) is 18.5. The molecule has 0 nitrogen and oxygen atoms in total. The first-order valence-corrected chi connectivity index (χ1v) is 2.76. The molecule has 0 aliphatic carbocycles. The second-order valence-corrected chi connectivity index (χ2v) is 2.48. The zero-order valence-electron chi connectivity index (χ0n) is 4.93. The summed E-state index contributed by atoms with van der Waals surface area (Å²) < 4.78 is 68.4. The standard InChI is InChI=1S/C4H3ClF6/c5-3(8,2(6)7)1-4(9,10)11/h2H,1H2. The minimum absolute atomic E-state index is 2.35. The molecule has 0 N–H and O–H groups in total. The number of rotatable bonds is 2. The molecule has 0 saturated heterocycles. The second kappa shape index (κ2) is 3.08. The molecule has 0 aliphatic heterocycles. The van der Waals surface area contributed by atoms with Crippen LogP contribution in [-0.4, -0.2) is 17.7 Å². The number of hydrogen-bond donors (Lipinski definition) is 0. The third-order valence-electron chi connectivity index (χ3n) is 0.755. The summed E-state index contributed by atoms with van der Waals surface area (Å²) in [6, 6.07) is 0. The maximum atomic E-state index is 12.0. The average molecular weight is 201 g/mol.